The van der Waals surface area contributed by atoms with Gasteiger partial charge < -0.3 is 15.2 Å². The van der Waals surface area contributed by atoms with E-state index in [1.165, 1.54) is 25.3 Å². The second-order valence-electron chi connectivity index (χ2n) is 4.42. The zero-order valence-corrected chi connectivity index (χ0v) is 11.2. The van der Waals surface area contributed by atoms with Gasteiger partial charge in [-0.25, -0.2) is 13.2 Å². The molecule has 0 aliphatic heterocycles. The lowest BCUT2D eigenvalue weighted by atomic mass is 10.1. The van der Waals surface area contributed by atoms with Crippen LogP contribution in [0.4, 0.5) is 18.9 Å². The number of hydrogen-bond donors (Lipinski definition) is 2. The number of rotatable bonds is 5. The van der Waals surface area contributed by atoms with E-state index < -0.39 is 23.6 Å². The summed E-state index contributed by atoms with van der Waals surface area (Å²) in [6.45, 7) is 0.0246. The lowest BCUT2D eigenvalue weighted by molar-refractivity contribution is 0.191. The van der Waals surface area contributed by atoms with E-state index in [2.05, 4.69) is 5.32 Å². The number of nitrogens with one attached hydrogen (secondary N) is 1. The summed E-state index contributed by atoms with van der Waals surface area (Å²) in [6, 6.07) is 7.41. The summed E-state index contributed by atoms with van der Waals surface area (Å²) >= 11 is 0. The fourth-order valence-electron chi connectivity index (χ4n) is 1.83. The van der Waals surface area contributed by atoms with E-state index in [4.69, 9.17) is 4.74 Å². The molecular weight excluding hydrogens is 283 g/mol. The molecule has 21 heavy (non-hydrogen) atoms. The molecule has 0 heterocycles. The summed E-state index contributed by atoms with van der Waals surface area (Å²) in [5, 5.41) is 12.7. The Hall–Kier alpha value is -2.21. The van der Waals surface area contributed by atoms with Crippen LogP contribution in [0.3, 0.4) is 0 Å². The van der Waals surface area contributed by atoms with Crippen LogP contribution in [0.15, 0.2) is 36.4 Å². The Morgan fingerprint density at radius 2 is 1.81 bits per heavy atom. The van der Waals surface area contributed by atoms with Gasteiger partial charge in [0.2, 0.25) is 0 Å². The minimum Gasteiger partial charge on any atom is -0.494 e. The first-order chi connectivity index (χ1) is 10.0. The van der Waals surface area contributed by atoms with Crippen molar-refractivity contribution in [1.29, 1.82) is 0 Å². The van der Waals surface area contributed by atoms with Crippen molar-refractivity contribution in [3.63, 3.8) is 0 Å². The van der Waals surface area contributed by atoms with Crippen molar-refractivity contribution in [1.82, 2.24) is 0 Å². The molecule has 0 aliphatic carbocycles. The van der Waals surface area contributed by atoms with Crippen molar-refractivity contribution in [2.45, 2.75) is 6.10 Å². The first-order valence-electron chi connectivity index (χ1n) is 6.21. The smallest absolute Gasteiger partial charge is 0.167 e. The Bertz CT molecular complexity index is 634. The fourth-order valence-corrected chi connectivity index (χ4v) is 1.83. The van der Waals surface area contributed by atoms with Crippen molar-refractivity contribution in [2.75, 3.05) is 19.0 Å². The molecule has 0 spiro atoms. The minimum atomic E-state index is -1.05. The number of ether oxygens (including phenoxy) is 1. The van der Waals surface area contributed by atoms with Gasteiger partial charge in [-0.05, 0) is 29.8 Å². The molecule has 0 bridgehead atoms. The Morgan fingerprint density at radius 3 is 2.43 bits per heavy atom. The van der Waals surface area contributed by atoms with Gasteiger partial charge in [-0.15, -0.1) is 0 Å². The SMILES string of the molecule is COc1ccc(NCC(O)c2ccc(F)c(F)c2)cc1F. The van der Waals surface area contributed by atoms with Crippen LogP contribution in [0.5, 0.6) is 5.75 Å². The number of aliphatic hydroxyl groups is 1. The number of aliphatic hydroxyl groups excluding tert-OH is 1. The van der Waals surface area contributed by atoms with Gasteiger partial charge in [0.05, 0.1) is 13.2 Å². The molecule has 2 aromatic rings. The molecule has 0 aromatic heterocycles. The van der Waals surface area contributed by atoms with Gasteiger partial charge in [0.25, 0.3) is 0 Å². The van der Waals surface area contributed by atoms with E-state index in [1.807, 2.05) is 0 Å². The molecule has 0 radical (unpaired) electrons. The molecule has 1 unspecified atom stereocenters. The summed E-state index contributed by atoms with van der Waals surface area (Å²) in [5.41, 5.74) is 0.672. The molecule has 3 nitrogen and oxygen atoms in total. The average molecular weight is 297 g/mol. The zero-order valence-electron chi connectivity index (χ0n) is 11.2. The predicted molar refractivity (Wildman–Crippen MR) is 72.8 cm³/mol. The van der Waals surface area contributed by atoms with Crippen LogP contribution in [-0.2, 0) is 0 Å². The fraction of sp³-hybridized carbons (Fsp3) is 0.200. The normalized spacial score (nSPS) is 12.0. The molecule has 1 atom stereocenters. The van der Waals surface area contributed by atoms with Gasteiger partial charge in [0.15, 0.2) is 23.2 Å². The van der Waals surface area contributed by atoms with E-state index in [0.717, 1.165) is 12.1 Å². The quantitative estimate of drug-likeness (QED) is 0.890. The van der Waals surface area contributed by atoms with E-state index in [1.54, 1.807) is 6.07 Å². The summed E-state index contributed by atoms with van der Waals surface area (Å²) in [5.74, 6) is -2.43. The van der Waals surface area contributed by atoms with Gasteiger partial charge in [-0.1, -0.05) is 6.07 Å². The van der Waals surface area contributed by atoms with E-state index >= 15 is 0 Å². The molecule has 0 saturated carbocycles. The Labute approximate surface area is 120 Å². The lowest BCUT2D eigenvalue weighted by Crippen LogP contribution is -2.12. The maximum atomic E-state index is 13.5. The highest BCUT2D eigenvalue weighted by Gasteiger charge is 2.11. The standard InChI is InChI=1S/C15H14F3NO2/c1-21-15-5-3-10(7-13(15)18)19-8-14(20)9-2-4-11(16)12(17)6-9/h2-7,14,19-20H,8H2,1H3. The summed E-state index contributed by atoms with van der Waals surface area (Å²) in [4.78, 5) is 0. The van der Waals surface area contributed by atoms with Crippen LogP contribution in [0.2, 0.25) is 0 Å². The summed E-state index contributed by atoms with van der Waals surface area (Å²) < 4.78 is 44.1. The number of benzene rings is 2. The van der Waals surface area contributed by atoms with E-state index in [9.17, 15) is 18.3 Å². The molecule has 0 saturated heterocycles. The molecular formula is C15H14F3NO2. The first-order valence-corrected chi connectivity index (χ1v) is 6.21. The van der Waals surface area contributed by atoms with Gasteiger partial charge >= 0.3 is 0 Å². The Kier molecular flexibility index (Phi) is 4.70. The predicted octanol–water partition coefficient (Wildman–Crippen LogP) is 3.26. The van der Waals surface area contributed by atoms with E-state index in [-0.39, 0.29) is 17.9 Å². The first kappa shape index (κ1) is 15.2. The van der Waals surface area contributed by atoms with Crippen LogP contribution in [0, 0.1) is 17.5 Å². The van der Waals surface area contributed by atoms with Gasteiger partial charge in [-0.2, -0.15) is 0 Å². The third-order valence-corrected chi connectivity index (χ3v) is 2.98. The van der Waals surface area contributed by atoms with E-state index in [0.29, 0.717) is 5.69 Å². The van der Waals surface area contributed by atoms with Crippen molar-refractivity contribution in [2.24, 2.45) is 0 Å². The average Bonchev–Trinajstić information content (AvgIpc) is 2.47. The molecule has 6 heteroatoms. The second-order valence-corrected chi connectivity index (χ2v) is 4.42. The summed E-state index contributed by atoms with van der Waals surface area (Å²) in [7, 11) is 1.36. The number of anilines is 1. The Morgan fingerprint density at radius 1 is 1.05 bits per heavy atom. The highest BCUT2D eigenvalue weighted by molar-refractivity contribution is 5.47. The Balaban J connectivity index is 2.01. The minimum absolute atomic E-state index is 0.0246. The second kappa shape index (κ2) is 6.49. The molecule has 0 aliphatic rings. The zero-order chi connectivity index (χ0) is 15.4. The molecule has 0 amide bonds. The largest absolute Gasteiger partial charge is 0.494 e. The highest BCUT2D eigenvalue weighted by Crippen LogP contribution is 2.22. The van der Waals surface area contributed by atoms with Crippen molar-refractivity contribution >= 4 is 5.69 Å². The van der Waals surface area contributed by atoms with Crippen molar-refractivity contribution in [3.05, 3.63) is 59.4 Å². The van der Waals surface area contributed by atoms with Crippen molar-refractivity contribution in [3.8, 4) is 5.75 Å². The molecule has 2 aromatic carbocycles. The third-order valence-electron chi connectivity index (χ3n) is 2.98. The van der Waals surface area contributed by atoms with Crippen LogP contribution in [-0.4, -0.2) is 18.8 Å². The third kappa shape index (κ3) is 3.66. The van der Waals surface area contributed by atoms with Crippen LogP contribution in [0.25, 0.3) is 0 Å². The van der Waals surface area contributed by atoms with Gasteiger partial charge in [0, 0.05) is 18.3 Å². The van der Waals surface area contributed by atoms with Gasteiger partial charge in [0.1, 0.15) is 0 Å². The maximum Gasteiger partial charge on any atom is 0.167 e. The lowest BCUT2D eigenvalue weighted by Gasteiger charge is -2.14. The molecule has 0 fully saturated rings. The number of methoxy groups -OCH3 is 1. The highest BCUT2D eigenvalue weighted by atomic mass is 19.2. The van der Waals surface area contributed by atoms with Crippen LogP contribution < -0.4 is 10.1 Å². The van der Waals surface area contributed by atoms with Gasteiger partial charge in [-0.3, -0.25) is 0 Å². The van der Waals surface area contributed by atoms with Crippen LogP contribution in [0.1, 0.15) is 11.7 Å². The molecule has 2 N–H and O–H groups in total. The molecule has 112 valence electrons. The van der Waals surface area contributed by atoms with Crippen molar-refractivity contribution < 1.29 is 23.0 Å². The number of halogens is 3. The number of hydrogen-bond acceptors (Lipinski definition) is 3. The topological polar surface area (TPSA) is 41.5 Å². The monoisotopic (exact) mass is 297 g/mol. The summed E-state index contributed by atoms with van der Waals surface area (Å²) in [6.07, 6.45) is -1.05. The van der Waals surface area contributed by atoms with Crippen LogP contribution >= 0.6 is 0 Å². The molecule has 2 rings (SSSR count). The maximum absolute atomic E-state index is 13.5.